The topological polar surface area (TPSA) is 159 Å². The third-order valence-corrected chi connectivity index (χ3v) is 12.7. The molecule has 3 atom stereocenters. The number of aromatic nitrogens is 1. The van der Waals surface area contributed by atoms with Gasteiger partial charge in [-0.15, -0.1) is 12.4 Å². The van der Waals surface area contributed by atoms with Gasteiger partial charge in [-0.3, -0.25) is 34.4 Å². The monoisotopic (exact) mass is 812 g/mol. The summed E-state index contributed by atoms with van der Waals surface area (Å²) in [6.45, 7) is 11.0. The van der Waals surface area contributed by atoms with Crippen molar-refractivity contribution in [2.75, 3.05) is 31.5 Å². The number of benzene rings is 1. The maximum Gasteiger partial charge on any atom is 0.338 e. The van der Waals surface area contributed by atoms with Crippen LogP contribution in [0.3, 0.4) is 0 Å². The van der Waals surface area contributed by atoms with Gasteiger partial charge in [-0.25, -0.2) is 4.79 Å². The lowest BCUT2D eigenvalue weighted by atomic mass is 9.81. The normalized spacial score (nSPS) is 26.0. The van der Waals surface area contributed by atoms with Crippen molar-refractivity contribution in [1.82, 2.24) is 29.3 Å². The molecule has 1 aromatic heterocycles. The molecule has 6 rings (SSSR count). The van der Waals surface area contributed by atoms with Crippen LogP contribution in [0, 0.1) is 17.2 Å². The minimum atomic E-state index is -0.948. The van der Waals surface area contributed by atoms with Crippen molar-refractivity contribution in [3.05, 3.63) is 52.8 Å². The number of urea groups is 1. The Labute approximate surface area is 338 Å². The van der Waals surface area contributed by atoms with Gasteiger partial charge in [-0.2, -0.15) is 9.57 Å². The molecule has 1 aromatic carbocycles. The number of pyridine rings is 1. The van der Waals surface area contributed by atoms with E-state index < -0.39 is 11.5 Å². The van der Waals surface area contributed by atoms with E-state index in [0.29, 0.717) is 34.2 Å². The van der Waals surface area contributed by atoms with Gasteiger partial charge in [0.25, 0.3) is 5.91 Å². The number of piperidine rings is 1. The molecule has 55 heavy (non-hydrogen) atoms. The number of imide groups is 2. The standard InChI is InChI=1S/C39H49ClN8O5S.ClH/c1-24-21-45(22-25(2)46(24)23-35(50)43-28-10-15-33(42-20-28)31-14-16-34(49)44-36(31)51)17-5-6-26-7-11-29(12-8-26)47-38(53)48(37(52)39(47,3)4)54-30-13-9-27(19-41)32(40)18-30;/h9-10,13,15,18,20,24-26,29,31H,5-8,11-12,14,16-17,21-23H2,1-4H3,(H,43,50)(H,44,49,51);1H/t24-,25+,26?,29?,31?;. The molecule has 1 saturated carbocycles. The summed E-state index contributed by atoms with van der Waals surface area (Å²) in [5.74, 6) is -0.845. The Morgan fingerprint density at radius 3 is 2.38 bits per heavy atom. The van der Waals surface area contributed by atoms with Crippen LogP contribution in [0.1, 0.15) is 96.2 Å². The summed E-state index contributed by atoms with van der Waals surface area (Å²) in [6, 6.07) is 10.5. The lowest BCUT2D eigenvalue weighted by Gasteiger charge is -2.44. The van der Waals surface area contributed by atoms with Crippen LogP contribution in [0.5, 0.6) is 0 Å². The Hall–Kier alpha value is -3.74. The first-order valence-corrected chi connectivity index (χ1v) is 20.0. The maximum atomic E-state index is 13.6. The highest BCUT2D eigenvalue weighted by Gasteiger charge is 2.54. The van der Waals surface area contributed by atoms with Crippen molar-refractivity contribution >= 4 is 71.3 Å². The fourth-order valence-electron chi connectivity index (χ4n) is 8.50. The number of anilines is 1. The van der Waals surface area contributed by atoms with Crippen LogP contribution in [0.2, 0.25) is 5.02 Å². The highest BCUT2D eigenvalue weighted by atomic mass is 35.5. The zero-order chi connectivity index (χ0) is 38.7. The summed E-state index contributed by atoms with van der Waals surface area (Å²) in [7, 11) is 0. The molecule has 1 unspecified atom stereocenters. The summed E-state index contributed by atoms with van der Waals surface area (Å²) >= 11 is 7.26. The fourth-order valence-corrected chi connectivity index (χ4v) is 9.77. The highest BCUT2D eigenvalue weighted by Crippen LogP contribution is 2.42. The first-order valence-electron chi connectivity index (χ1n) is 18.9. The summed E-state index contributed by atoms with van der Waals surface area (Å²) in [5.41, 5.74) is 0.549. The average Bonchev–Trinajstić information content (AvgIpc) is 3.29. The third-order valence-electron chi connectivity index (χ3n) is 11.4. The molecule has 13 nitrogen and oxygen atoms in total. The van der Waals surface area contributed by atoms with Gasteiger partial charge in [0, 0.05) is 42.5 Å². The number of rotatable bonds is 11. The molecule has 0 bridgehead atoms. The van der Waals surface area contributed by atoms with Crippen molar-refractivity contribution < 1.29 is 24.0 Å². The zero-order valence-electron chi connectivity index (χ0n) is 31.8. The molecule has 296 valence electrons. The number of carbonyl (C=O) groups is 5. The van der Waals surface area contributed by atoms with E-state index in [-0.39, 0.29) is 78.2 Å². The number of hydrogen-bond acceptors (Lipinski definition) is 10. The predicted octanol–water partition coefficient (Wildman–Crippen LogP) is 5.97. The van der Waals surface area contributed by atoms with Crippen molar-refractivity contribution in [1.29, 1.82) is 5.26 Å². The number of carbonyl (C=O) groups excluding carboxylic acids is 5. The zero-order valence-corrected chi connectivity index (χ0v) is 34.1. The molecule has 4 fully saturated rings. The van der Waals surface area contributed by atoms with Gasteiger partial charge in [-0.1, -0.05) is 11.6 Å². The SMILES string of the molecule is C[C@@H]1CN(CCCC2CCC(N3C(=O)N(Sc4ccc(C#N)c(Cl)c4)C(=O)C3(C)C)CC2)C[C@H](C)N1CC(=O)Nc1ccc(C2CCC(=O)NC2=O)nc1.Cl. The molecule has 6 amide bonds. The van der Waals surface area contributed by atoms with Crippen molar-refractivity contribution in [2.24, 2.45) is 5.92 Å². The highest BCUT2D eigenvalue weighted by molar-refractivity contribution is 7.98. The van der Waals surface area contributed by atoms with Gasteiger partial charge in [-0.05, 0) is 127 Å². The summed E-state index contributed by atoms with van der Waals surface area (Å²) in [4.78, 5) is 75.3. The second kappa shape index (κ2) is 18.0. The van der Waals surface area contributed by atoms with E-state index in [0.717, 1.165) is 70.1 Å². The molecule has 3 aliphatic heterocycles. The minimum Gasteiger partial charge on any atom is -0.324 e. The van der Waals surface area contributed by atoms with Gasteiger partial charge in [0.15, 0.2) is 0 Å². The third kappa shape index (κ3) is 9.63. The molecule has 4 heterocycles. The number of amides is 6. The van der Waals surface area contributed by atoms with E-state index in [1.165, 1.54) is 4.31 Å². The molecule has 1 aliphatic carbocycles. The maximum absolute atomic E-state index is 13.6. The molecular weight excluding hydrogens is 763 g/mol. The van der Waals surface area contributed by atoms with Gasteiger partial charge in [0.05, 0.1) is 40.6 Å². The van der Waals surface area contributed by atoms with Gasteiger partial charge in [0.1, 0.15) is 11.6 Å². The first kappa shape index (κ1) is 42.4. The number of hydrogen-bond donors (Lipinski definition) is 2. The van der Waals surface area contributed by atoms with Crippen LogP contribution in [-0.2, 0) is 19.2 Å². The van der Waals surface area contributed by atoms with E-state index in [2.05, 4.69) is 39.3 Å². The second-order valence-corrected chi connectivity index (χ2v) is 17.1. The van der Waals surface area contributed by atoms with Crippen molar-refractivity contribution in [2.45, 2.75) is 114 Å². The van der Waals surface area contributed by atoms with Crippen LogP contribution in [0.4, 0.5) is 10.5 Å². The molecule has 2 aromatic rings. The Morgan fingerprint density at radius 1 is 1.05 bits per heavy atom. The summed E-state index contributed by atoms with van der Waals surface area (Å²) in [5, 5.41) is 14.8. The fraction of sp³-hybridized carbons (Fsp3) is 0.564. The van der Waals surface area contributed by atoms with Crippen LogP contribution < -0.4 is 10.6 Å². The van der Waals surface area contributed by atoms with E-state index in [4.69, 9.17) is 11.6 Å². The van der Waals surface area contributed by atoms with Crippen molar-refractivity contribution in [3.8, 4) is 6.07 Å². The number of nitrogens with zero attached hydrogens (tertiary/aromatic N) is 6. The number of halogens is 2. The molecule has 2 N–H and O–H groups in total. The van der Waals surface area contributed by atoms with E-state index in [1.54, 1.807) is 41.4 Å². The van der Waals surface area contributed by atoms with E-state index in [1.807, 2.05) is 19.9 Å². The Kier molecular flexibility index (Phi) is 13.9. The molecule has 4 aliphatic rings. The Bertz CT molecular complexity index is 1800. The Morgan fingerprint density at radius 2 is 1.76 bits per heavy atom. The number of nitrogens with one attached hydrogen (secondary N) is 2. The molecule has 16 heteroatoms. The first-order chi connectivity index (χ1) is 25.7. The summed E-state index contributed by atoms with van der Waals surface area (Å²) in [6.07, 6.45) is 8.24. The lowest BCUT2D eigenvalue weighted by Crippen LogP contribution is -2.58. The molecule has 0 radical (unpaired) electrons. The number of nitriles is 1. The molecule has 0 spiro atoms. The van der Waals surface area contributed by atoms with Crippen LogP contribution >= 0.6 is 36.0 Å². The smallest absolute Gasteiger partial charge is 0.324 e. The second-order valence-electron chi connectivity index (χ2n) is 15.6. The van der Waals surface area contributed by atoms with Crippen LogP contribution in [-0.4, -0.2) is 103 Å². The van der Waals surface area contributed by atoms with Gasteiger partial charge in [0.2, 0.25) is 17.7 Å². The van der Waals surface area contributed by atoms with Gasteiger partial charge < -0.3 is 15.1 Å². The van der Waals surface area contributed by atoms with Crippen LogP contribution in [0.15, 0.2) is 41.4 Å². The predicted molar refractivity (Wildman–Crippen MR) is 212 cm³/mol. The number of piperazine rings is 1. The minimum absolute atomic E-state index is 0. The van der Waals surface area contributed by atoms with E-state index >= 15 is 0 Å². The molecule has 3 saturated heterocycles. The lowest BCUT2D eigenvalue weighted by molar-refractivity contribution is -0.134. The van der Waals surface area contributed by atoms with Crippen LogP contribution in [0.25, 0.3) is 0 Å². The Balaban J connectivity index is 0.00000580. The van der Waals surface area contributed by atoms with E-state index in [9.17, 15) is 29.2 Å². The van der Waals surface area contributed by atoms with Crippen molar-refractivity contribution in [3.63, 3.8) is 0 Å². The largest absolute Gasteiger partial charge is 0.338 e. The summed E-state index contributed by atoms with van der Waals surface area (Å²) < 4.78 is 1.24. The van der Waals surface area contributed by atoms with Gasteiger partial charge >= 0.3 is 6.03 Å². The average molecular weight is 814 g/mol. The quantitative estimate of drug-likeness (QED) is 0.157. The molecular formula is C39H50Cl2N8O5S.